The highest BCUT2D eigenvalue weighted by Crippen LogP contribution is 2.19. The highest BCUT2D eigenvalue weighted by atomic mass is 16.1. The van der Waals surface area contributed by atoms with Crippen LogP contribution >= 0.6 is 0 Å². The molecule has 0 atom stereocenters. The standard InChI is InChI=1S/C11H9N3O/c1-7(15)5-11-13-9-4-3-8(12-2)6-10(9)14-11/h3-4,6H,5H2,1H3,(H,13,14). The maximum atomic E-state index is 10.9. The zero-order valence-electron chi connectivity index (χ0n) is 8.24. The Balaban J connectivity index is 2.47. The molecule has 1 N–H and O–H groups in total. The van der Waals surface area contributed by atoms with Crippen LogP contribution in [0.15, 0.2) is 18.2 Å². The van der Waals surface area contributed by atoms with Gasteiger partial charge in [0, 0.05) is 0 Å². The van der Waals surface area contributed by atoms with Crippen molar-refractivity contribution in [2.75, 3.05) is 0 Å². The van der Waals surface area contributed by atoms with Gasteiger partial charge in [-0.25, -0.2) is 9.83 Å². The SMILES string of the molecule is [C-]#[N+]c1ccc2nc(CC(C)=O)[nH]c2c1. The molecule has 0 radical (unpaired) electrons. The molecular formula is C11H9N3O. The van der Waals surface area contributed by atoms with Gasteiger partial charge in [-0.15, -0.1) is 0 Å². The second-order valence-electron chi connectivity index (χ2n) is 3.38. The molecule has 4 nitrogen and oxygen atoms in total. The third kappa shape index (κ3) is 1.86. The third-order valence-electron chi connectivity index (χ3n) is 2.06. The molecule has 1 heterocycles. The van der Waals surface area contributed by atoms with Crippen LogP contribution in [0.5, 0.6) is 0 Å². The second kappa shape index (κ2) is 3.54. The number of carbonyl (C=O) groups is 1. The van der Waals surface area contributed by atoms with E-state index in [4.69, 9.17) is 6.57 Å². The molecule has 0 unspecified atom stereocenters. The molecule has 0 amide bonds. The number of carbonyl (C=O) groups excluding carboxylic acids is 1. The van der Waals surface area contributed by atoms with Crippen molar-refractivity contribution in [1.29, 1.82) is 0 Å². The van der Waals surface area contributed by atoms with E-state index in [2.05, 4.69) is 14.8 Å². The minimum Gasteiger partial charge on any atom is -0.343 e. The second-order valence-corrected chi connectivity index (χ2v) is 3.38. The molecule has 0 fully saturated rings. The monoisotopic (exact) mass is 199 g/mol. The van der Waals surface area contributed by atoms with Crippen molar-refractivity contribution in [1.82, 2.24) is 9.97 Å². The van der Waals surface area contributed by atoms with Crippen LogP contribution in [0.1, 0.15) is 12.7 Å². The Labute approximate surface area is 86.8 Å². The molecule has 0 bridgehead atoms. The predicted octanol–water partition coefficient (Wildman–Crippen LogP) is 2.25. The molecule has 4 heteroatoms. The summed E-state index contributed by atoms with van der Waals surface area (Å²) in [5, 5.41) is 0. The number of aromatic amines is 1. The lowest BCUT2D eigenvalue weighted by Crippen LogP contribution is -1.97. The number of aromatic nitrogens is 2. The molecule has 0 aliphatic heterocycles. The summed E-state index contributed by atoms with van der Waals surface area (Å²) in [5.41, 5.74) is 2.17. The fourth-order valence-electron chi connectivity index (χ4n) is 1.44. The lowest BCUT2D eigenvalue weighted by Gasteiger charge is -1.88. The molecule has 0 saturated heterocycles. The number of H-pyrrole nitrogens is 1. The van der Waals surface area contributed by atoms with E-state index in [1.165, 1.54) is 6.92 Å². The van der Waals surface area contributed by atoms with Gasteiger partial charge in [0.1, 0.15) is 11.6 Å². The summed E-state index contributed by atoms with van der Waals surface area (Å²) in [7, 11) is 0. The van der Waals surface area contributed by atoms with Gasteiger partial charge in [-0.1, -0.05) is 6.07 Å². The van der Waals surface area contributed by atoms with Crippen molar-refractivity contribution in [2.45, 2.75) is 13.3 Å². The Morgan fingerprint density at radius 3 is 3.07 bits per heavy atom. The van der Waals surface area contributed by atoms with Gasteiger partial charge in [-0.2, -0.15) is 0 Å². The molecule has 74 valence electrons. The number of Topliss-reactive ketones (excluding diaryl/α,β-unsaturated/α-hetero) is 1. The largest absolute Gasteiger partial charge is 0.343 e. The molecule has 0 spiro atoms. The van der Waals surface area contributed by atoms with Gasteiger partial charge < -0.3 is 4.98 Å². The van der Waals surface area contributed by atoms with E-state index in [-0.39, 0.29) is 5.78 Å². The van der Waals surface area contributed by atoms with Crippen LogP contribution in [-0.4, -0.2) is 15.8 Å². The molecule has 15 heavy (non-hydrogen) atoms. The highest BCUT2D eigenvalue weighted by molar-refractivity contribution is 5.82. The number of benzene rings is 1. The zero-order valence-corrected chi connectivity index (χ0v) is 8.24. The molecule has 1 aromatic heterocycles. The van der Waals surface area contributed by atoms with Crippen LogP contribution in [0.4, 0.5) is 5.69 Å². The number of fused-ring (bicyclic) bond motifs is 1. The molecule has 2 rings (SSSR count). The van der Waals surface area contributed by atoms with Crippen LogP contribution in [0.25, 0.3) is 15.9 Å². The van der Waals surface area contributed by atoms with Crippen LogP contribution in [0.3, 0.4) is 0 Å². The van der Waals surface area contributed by atoms with Crippen LogP contribution in [-0.2, 0) is 11.2 Å². The molecule has 1 aromatic carbocycles. The fourth-order valence-corrected chi connectivity index (χ4v) is 1.44. The Morgan fingerprint density at radius 2 is 2.40 bits per heavy atom. The number of nitrogens with one attached hydrogen (secondary N) is 1. The van der Waals surface area contributed by atoms with Gasteiger partial charge in [-0.05, 0) is 19.1 Å². The van der Waals surface area contributed by atoms with Crippen LogP contribution in [0.2, 0.25) is 0 Å². The van der Waals surface area contributed by atoms with Gasteiger partial charge in [0.15, 0.2) is 5.69 Å². The lowest BCUT2D eigenvalue weighted by atomic mass is 10.3. The first-order valence-electron chi connectivity index (χ1n) is 4.54. The van der Waals surface area contributed by atoms with Gasteiger partial charge >= 0.3 is 0 Å². The summed E-state index contributed by atoms with van der Waals surface area (Å²) in [6.07, 6.45) is 0.308. The average molecular weight is 199 g/mol. The summed E-state index contributed by atoms with van der Waals surface area (Å²) >= 11 is 0. The van der Waals surface area contributed by atoms with E-state index in [9.17, 15) is 4.79 Å². The first-order valence-corrected chi connectivity index (χ1v) is 4.54. The van der Waals surface area contributed by atoms with Gasteiger partial charge in [0.25, 0.3) is 0 Å². The van der Waals surface area contributed by atoms with Crippen molar-refractivity contribution in [2.24, 2.45) is 0 Å². The first-order chi connectivity index (χ1) is 7.19. The minimum absolute atomic E-state index is 0.0689. The summed E-state index contributed by atoms with van der Waals surface area (Å²) in [5.74, 6) is 0.721. The summed E-state index contributed by atoms with van der Waals surface area (Å²) < 4.78 is 0. The fraction of sp³-hybridized carbons (Fsp3) is 0.182. The number of imidazole rings is 1. The van der Waals surface area contributed by atoms with Gasteiger partial charge in [0.05, 0.1) is 24.0 Å². The molecule has 0 aliphatic rings. The van der Waals surface area contributed by atoms with E-state index in [1.54, 1.807) is 18.2 Å². The van der Waals surface area contributed by atoms with E-state index >= 15 is 0 Å². The molecular weight excluding hydrogens is 190 g/mol. The number of nitrogens with zero attached hydrogens (tertiary/aromatic N) is 2. The Bertz CT molecular complexity index is 563. The Kier molecular flexibility index (Phi) is 2.22. The van der Waals surface area contributed by atoms with Crippen molar-refractivity contribution < 1.29 is 4.79 Å². The average Bonchev–Trinajstić information content (AvgIpc) is 2.57. The Morgan fingerprint density at radius 1 is 1.60 bits per heavy atom. The van der Waals surface area contributed by atoms with E-state index in [1.807, 2.05) is 0 Å². The highest BCUT2D eigenvalue weighted by Gasteiger charge is 2.05. The number of ketones is 1. The van der Waals surface area contributed by atoms with Crippen molar-refractivity contribution in [3.05, 3.63) is 35.4 Å². The maximum Gasteiger partial charge on any atom is 0.189 e. The Hall–Kier alpha value is -2.15. The van der Waals surface area contributed by atoms with Gasteiger partial charge in [-0.3, -0.25) is 4.79 Å². The number of hydrogen-bond acceptors (Lipinski definition) is 2. The van der Waals surface area contributed by atoms with E-state index < -0.39 is 0 Å². The zero-order chi connectivity index (χ0) is 10.8. The first kappa shape index (κ1) is 9.41. The van der Waals surface area contributed by atoms with Gasteiger partial charge in [0.2, 0.25) is 0 Å². The molecule has 0 aliphatic carbocycles. The van der Waals surface area contributed by atoms with Crippen molar-refractivity contribution in [3.8, 4) is 0 Å². The number of rotatable bonds is 2. The minimum atomic E-state index is 0.0689. The molecule has 2 aromatic rings. The van der Waals surface area contributed by atoms with E-state index in [0.717, 1.165) is 11.0 Å². The normalized spacial score (nSPS) is 10.1. The molecule has 0 saturated carbocycles. The van der Waals surface area contributed by atoms with Crippen LogP contribution < -0.4 is 0 Å². The van der Waals surface area contributed by atoms with Crippen molar-refractivity contribution >= 4 is 22.5 Å². The van der Waals surface area contributed by atoms with Crippen molar-refractivity contribution in [3.63, 3.8) is 0 Å². The number of hydrogen-bond donors (Lipinski definition) is 1. The summed E-state index contributed by atoms with van der Waals surface area (Å²) in [6, 6.07) is 5.23. The predicted molar refractivity (Wildman–Crippen MR) is 56.7 cm³/mol. The smallest absolute Gasteiger partial charge is 0.189 e. The quantitative estimate of drug-likeness (QED) is 0.754. The lowest BCUT2D eigenvalue weighted by molar-refractivity contribution is -0.116. The topological polar surface area (TPSA) is 50.1 Å². The van der Waals surface area contributed by atoms with E-state index in [0.29, 0.717) is 17.9 Å². The third-order valence-corrected chi connectivity index (χ3v) is 2.06. The summed E-state index contributed by atoms with van der Waals surface area (Å²) in [4.78, 5) is 21.5. The summed E-state index contributed by atoms with van der Waals surface area (Å²) in [6.45, 7) is 8.40. The maximum absolute atomic E-state index is 10.9. The van der Waals surface area contributed by atoms with Crippen LogP contribution in [0, 0.1) is 6.57 Å².